The van der Waals surface area contributed by atoms with Gasteiger partial charge in [-0.05, 0) is 56.0 Å². The van der Waals surface area contributed by atoms with Gasteiger partial charge in [-0.25, -0.2) is 9.97 Å². The SMILES string of the molecule is COc1cc(CN2CCC[C@H](c3[nH]ncc3-c3ccnc(N4CCCC4)n3)C2)cc(OC)c1. The zero-order valence-electron chi connectivity index (χ0n) is 19.5. The highest BCUT2D eigenvalue weighted by Gasteiger charge is 2.26. The fraction of sp³-hybridized carbons (Fsp3) is 0.480. The van der Waals surface area contributed by atoms with Crippen molar-refractivity contribution < 1.29 is 9.47 Å². The van der Waals surface area contributed by atoms with Crippen LogP contribution >= 0.6 is 0 Å². The van der Waals surface area contributed by atoms with E-state index in [4.69, 9.17) is 14.5 Å². The summed E-state index contributed by atoms with van der Waals surface area (Å²) in [7, 11) is 3.38. The van der Waals surface area contributed by atoms with Gasteiger partial charge in [-0.1, -0.05) is 0 Å². The van der Waals surface area contributed by atoms with Crippen LogP contribution in [0.1, 0.15) is 42.9 Å². The summed E-state index contributed by atoms with van der Waals surface area (Å²) in [6, 6.07) is 8.09. The number of H-pyrrole nitrogens is 1. The molecule has 4 heterocycles. The van der Waals surface area contributed by atoms with Crippen LogP contribution in [0.3, 0.4) is 0 Å². The van der Waals surface area contributed by atoms with Crippen molar-refractivity contribution in [2.75, 3.05) is 45.3 Å². The van der Waals surface area contributed by atoms with Crippen LogP contribution in [0.4, 0.5) is 5.95 Å². The van der Waals surface area contributed by atoms with Crippen LogP contribution in [0.5, 0.6) is 11.5 Å². The molecule has 2 aromatic heterocycles. The Morgan fingerprint density at radius 2 is 1.82 bits per heavy atom. The predicted molar refractivity (Wildman–Crippen MR) is 128 cm³/mol. The zero-order chi connectivity index (χ0) is 22.6. The van der Waals surface area contributed by atoms with Crippen LogP contribution in [-0.4, -0.2) is 65.5 Å². The van der Waals surface area contributed by atoms with E-state index in [2.05, 4.69) is 37.1 Å². The van der Waals surface area contributed by atoms with E-state index < -0.39 is 0 Å². The summed E-state index contributed by atoms with van der Waals surface area (Å²) in [4.78, 5) is 14.2. The molecule has 1 aromatic carbocycles. The molecule has 33 heavy (non-hydrogen) atoms. The molecule has 0 saturated carbocycles. The lowest BCUT2D eigenvalue weighted by Gasteiger charge is -2.32. The van der Waals surface area contributed by atoms with Crippen LogP contribution in [0, 0.1) is 0 Å². The number of hydrogen-bond donors (Lipinski definition) is 1. The molecule has 1 N–H and O–H groups in total. The molecular formula is C25H32N6O2. The number of aromatic nitrogens is 4. The minimum Gasteiger partial charge on any atom is -0.497 e. The molecule has 5 rings (SSSR count). The number of hydrogen-bond acceptors (Lipinski definition) is 7. The number of ether oxygens (including phenoxy) is 2. The van der Waals surface area contributed by atoms with E-state index in [-0.39, 0.29) is 0 Å². The van der Waals surface area contributed by atoms with Crippen molar-refractivity contribution >= 4 is 5.95 Å². The first-order chi connectivity index (χ1) is 16.2. The number of piperidine rings is 1. The van der Waals surface area contributed by atoms with Gasteiger partial charge in [0, 0.05) is 55.6 Å². The van der Waals surface area contributed by atoms with Crippen molar-refractivity contribution in [3.05, 3.63) is 47.9 Å². The third-order valence-electron chi connectivity index (χ3n) is 6.71. The predicted octanol–water partition coefficient (Wildman–Crippen LogP) is 3.86. The highest BCUT2D eigenvalue weighted by atomic mass is 16.5. The summed E-state index contributed by atoms with van der Waals surface area (Å²) < 4.78 is 10.9. The first kappa shape index (κ1) is 21.7. The Labute approximate surface area is 194 Å². The average Bonchev–Trinajstić information content (AvgIpc) is 3.57. The summed E-state index contributed by atoms with van der Waals surface area (Å²) >= 11 is 0. The smallest absolute Gasteiger partial charge is 0.225 e. The Hall–Kier alpha value is -3.13. The molecule has 3 aromatic rings. The third-order valence-corrected chi connectivity index (χ3v) is 6.71. The first-order valence-electron chi connectivity index (χ1n) is 11.8. The average molecular weight is 449 g/mol. The maximum atomic E-state index is 5.45. The van der Waals surface area contributed by atoms with E-state index in [1.54, 1.807) is 14.2 Å². The number of benzene rings is 1. The van der Waals surface area contributed by atoms with Crippen molar-refractivity contribution in [1.29, 1.82) is 0 Å². The Kier molecular flexibility index (Phi) is 6.44. The lowest BCUT2D eigenvalue weighted by molar-refractivity contribution is 0.198. The van der Waals surface area contributed by atoms with Crippen molar-refractivity contribution in [3.8, 4) is 22.8 Å². The summed E-state index contributed by atoms with van der Waals surface area (Å²) in [6.07, 6.45) is 8.49. The minimum atomic E-state index is 0.383. The van der Waals surface area contributed by atoms with Crippen molar-refractivity contribution in [1.82, 2.24) is 25.1 Å². The van der Waals surface area contributed by atoms with E-state index in [9.17, 15) is 0 Å². The molecule has 2 aliphatic heterocycles. The zero-order valence-corrected chi connectivity index (χ0v) is 19.5. The fourth-order valence-electron chi connectivity index (χ4n) is 5.03. The number of nitrogens with one attached hydrogen (secondary N) is 1. The van der Waals surface area contributed by atoms with Gasteiger partial charge in [-0.2, -0.15) is 5.10 Å². The summed E-state index contributed by atoms with van der Waals surface area (Å²) in [5.74, 6) is 2.86. The largest absolute Gasteiger partial charge is 0.497 e. The Balaban J connectivity index is 1.33. The van der Waals surface area contributed by atoms with E-state index in [1.165, 1.54) is 24.1 Å². The summed E-state index contributed by atoms with van der Waals surface area (Å²) in [5.41, 5.74) is 4.41. The van der Waals surface area contributed by atoms with Crippen molar-refractivity contribution in [3.63, 3.8) is 0 Å². The van der Waals surface area contributed by atoms with E-state index in [0.717, 1.165) is 74.3 Å². The summed E-state index contributed by atoms with van der Waals surface area (Å²) in [5, 5.41) is 7.70. The first-order valence-corrected chi connectivity index (χ1v) is 11.8. The number of anilines is 1. The van der Waals surface area contributed by atoms with Gasteiger partial charge in [0.15, 0.2) is 0 Å². The van der Waals surface area contributed by atoms with Crippen molar-refractivity contribution in [2.24, 2.45) is 0 Å². The molecular weight excluding hydrogens is 416 g/mol. The van der Waals surface area contributed by atoms with Gasteiger partial charge in [0.05, 0.1) is 26.1 Å². The molecule has 0 spiro atoms. The van der Waals surface area contributed by atoms with Crippen LogP contribution < -0.4 is 14.4 Å². The number of aromatic amines is 1. The molecule has 1 atom stereocenters. The molecule has 2 aliphatic rings. The van der Waals surface area contributed by atoms with Gasteiger partial charge in [-0.15, -0.1) is 0 Å². The minimum absolute atomic E-state index is 0.383. The van der Waals surface area contributed by atoms with Crippen molar-refractivity contribution in [2.45, 2.75) is 38.1 Å². The lowest BCUT2D eigenvalue weighted by atomic mass is 9.91. The fourth-order valence-corrected chi connectivity index (χ4v) is 5.03. The van der Waals surface area contributed by atoms with Gasteiger partial charge < -0.3 is 14.4 Å². The number of likely N-dealkylation sites (tertiary alicyclic amines) is 1. The lowest BCUT2D eigenvalue weighted by Crippen LogP contribution is -2.34. The normalized spacial score (nSPS) is 19.1. The van der Waals surface area contributed by atoms with E-state index in [0.29, 0.717) is 5.92 Å². The molecule has 8 heteroatoms. The Morgan fingerprint density at radius 1 is 1.03 bits per heavy atom. The molecule has 0 amide bonds. The number of rotatable bonds is 7. The highest BCUT2D eigenvalue weighted by molar-refractivity contribution is 5.63. The Morgan fingerprint density at radius 3 is 2.58 bits per heavy atom. The van der Waals surface area contributed by atoms with E-state index >= 15 is 0 Å². The van der Waals surface area contributed by atoms with Gasteiger partial charge in [0.1, 0.15) is 11.5 Å². The highest BCUT2D eigenvalue weighted by Crippen LogP contribution is 2.34. The molecule has 0 unspecified atom stereocenters. The van der Waals surface area contributed by atoms with Gasteiger partial charge in [-0.3, -0.25) is 10.00 Å². The monoisotopic (exact) mass is 448 g/mol. The maximum Gasteiger partial charge on any atom is 0.225 e. The number of nitrogens with zero attached hydrogens (tertiary/aromatic N) is 5. The second-order valence-corrected chi connectivity index (χ2v) is 8.93. The standard InChI is InChI=1S/C25H32N6O2/c1-32-20-12-18(13-21(14-20)33-2)16-30-9-5-6-19(17-30)24-22(15-27-29-24)23-7-8-26-25(28-23)31-10-3-4-11-31/h7-8,12-15,19H,3-6,9-11,16-17H2,1-2H3,(H,27,29)/t19-/m0/s1. The van der Waals surface area contributed by atoms with E-state index in [1.807, 2.05) is 24.5 Å². The second kappa shape index (κ2) is 9.79. The van der Waals surface area contributed by atoms with Crippen LogP contribution in [0.2, 0.25) is 0 Å². The van der Waals surface area contributed by atoms with Crippen LogP contribution in [0.15, 0.2) is 36.7 Å². The number of methoxy groups -OCH3 is 2. The van der Waals surface area contributed by atoms with Crippen LogP contribution in [-0.2, 0) is 6.54 Å². The maximum absolute atomic E-state index is 5.45. The topological polar surface area (TPSA) is 79.4 Å². The molecule has 0 aliphatic carbocycles. The molecule has 8 nitrogen and oxygen atoms in total. The second-order valence-electron chi connectivity index (χ2n) is 8.93. The molecule has 0 radical (unpaired) electrons. The quantitative estimate of drug-likeness (QED) is 0.588. The van der Waals surface area contributed by atoms with Gasteiger partial charge in [0.2, 0.25) is 5.95 Å². The van der Waals surface area contributed by atoms with Crippen LogP contribution in [0.25, 0.3) is 11.3 Å². The third kappa shape index (κ3) is 4.80. The molecule has 2 fully saturated rings. The summed E-state index contributed by atoms with van der Waals surface area (Å²) in [6.45, 7) is 4.98. The molecule has 0 bridgehead atoms. The molecule has 174 valence electrons. The van der Waals surface area contributed by atoms with Gasteiger partial charge >= 0.3 is 0 Å². The van der Waals surface area contributed by atoms with Gasteiger partial charge in [0.25, 0.3) is 0 Å². The Bertz CT molecular complexity index is 1060. The molecule has 2 saturated heterocycles.